The van der Waals surface area contributed by atoms with E-state index < -0.39 is 0 Å². The van der Waals surface area contributed by atoms with Gasteiger partial charge in [-0.25, -0.2) is 9.67 Å². The number of hydrogen-bond donors (Lipinski definition) is 1. The van der Waals surface area contributed by atoms with Gasteiger partial charge in [0.1, 0.15) is 25.2 Å². The third-order valence-electron chi connectivity index (χ3n) is 2.79. The summed E-state index contributed by atoms with van der Waals surface area (Å²) in [4.78, 5) is 17.3. The first-order chi connectivity index (χ1) is 10.0. The summed E-state index contributed by atoms with van der Waals surface area (Å²) in [5, 5.41) is 4.52. The van der Waals surface area contributed by atoms with Gasteiger partial charge in [-0.2, -0.15) is 0 Å². The number of nitrogen functional groups attached to an aromatic ring is 1. The summed E-state index contributed by atoms with van der Waals surface area (Å²) in [6, 6.07) is 7.06. The molecule has 2 N–H and O–H groups in total. The number of amides is 1. The minimum absolute atomic E-state index is 0.0976. The van der Waals surface area contributed by atoms with Crippen LogP contribution in [0.4, 0.5) is 5.95 Å². The van der Waals surface area contributed by atoms with Crippen LogP contribution < -0.4 is 10.5 Å². The zero-order chi connectivity index (χ0) is 15.2. The van der Waals surface area contributed by atoms with Crippen LogP contribution in [0.5, 0.6) is 5.75 Å². The maximum atomic E-state index is 11.9. The molecule has 0 unspecified atom stereocenters. The molecule has 0 saturated carbocycles. The normalized spacial score (nSPS) is 10.4. The van der Waals surface area contributed by atoms with Gasteiger partial charge in [0.05, 0.1) is 6.54 Å². The van der Waals surface area contributed by atoms with E-state index in [1.54, 1.807) is 36.2 Å². The third-order valence-corrected chi connectivity index (χ3v) is 3.04. The Morgan fingerprint density at radius 2 is 2.14 bits per heavy atom. The lowest BCUT2D eigenvalue weighted by molar-refractivity contribution is -0.131. The Labute approximate surface area is 127 Å². The van der Waals surface area contributed by atoms with Crippen molar-refractivity contribution in [3.05, 3.63) is 35.6 Å². The van der Waals surface area contributed by atoms with E-state index in [-0.39, 0.29) is 18.4 Å². The van der Waals surface area contributed by atoms with Crippen LogP contribution in [0.3, 0.4) is 0 Å². The van der Waals surface area contributed by atoms with Gasteiger partial charge in [0.25, 0.3) is 0 Å². The molecule has 0 bridgehead atoms. The lowest BCUT2D eigenvalue weighted by Gasteiger charge is -2.17. The van der Waals surface area contributed by atoms with E-state index >= 15 is 0 Å². The number of carbonyl (C=O) groups is 1. The Morgan fingerprint density at radius 1 is 1.43 bits per heavy atom. The van der Waals surface area contributed by atoms with Crippen molar-refractivity contribution in [1.82, 2.24) is 19.7 Å². The summed E-state index contributed by atoms with van der Waals surface area (Å²) in [5.74, 6) is 0.764. The summed E-state index contributed by atoms with van der Waals surface area (Å²) in [6.07, 6.45) is 1.42. The van der Waals surface area contributed by atoms with Crippen molar-refractivity contribution in [3.63, 3.8) is 0 Å². The summed E-state index contributed by atoms with van der Waals surface area (Å²) < 4.78 is 6.93. The van der Waals surface area contributed by atoms with Crippen molar-refractivity contribution >= 4 is 23.5 Å². The highest BCUT2D eigenvalue weighted by Crippen LogP contribution is 2.15. The van der Waals surface area contributed by atoms with Gasteiger partial charge in [-0.15, -0.1) is 5.10 Å². The van der Waals surface area contributed by atoms with Crippen molar-refractivity contribution in [2.75, 3.05) is 25.9 Å². The molecule has 1 aromatic carbocycles. The molecule has 2 aromatic rings. The van der Waals surface area contributed by atoms with E-state index in [1.165, 1.54) is 11.0 Å². The molecule has 0 saturated heterocycles. The molecule has 1 amide bonds. The number of nitrogens with zero attached hydrogens (tertiary/aromatic N) is 4. The van der Waals surface area contributed by atoms with Crippen LogP contribution in [0.1, 0.15) is 0 Å². The number of nitrogens with two attached hydrogens (primary N) is 1. The molecule has 0 atom stereocenters. The monoisotopic (exact) mass is 309 g/mol. The van der Waals surface area contributed by atoms with Crippen molar-refractivity contribution in [1.29, 1.82) is 0 Å². The van der Waals surface area contributed by atoms with Crippen LogP contribution in [-0.2, 0) is 11.3 Å². The Bertz CT molecular complexity index is 599. The molecule has 0 radical (unpaired) electrons. The number of likely N-dealkylation sites (N-methyl/N-ethyl adjacent to an activating group) is 1. The van der Waals surface area contributed by atoms with E-state index in [9.17, 15) is 4.79 Å². The van der Waals surface area contributed by atoms with Gasteiger partial charge >= 0.3 is 0 Å². The van der Waals surface area contributed by atoms with Crippen LogP contribution in [0, 0.1) is 0 Å². The zero-order valence-corrected chi connectivity index (χ0v) is 12.3. The van der Waals surface area contributed by atoms with E-state index in [4.69, 9.17) is 22.1 Å². The molecule has 8 heteroatoms. The number of anilines is 1. The average molecular weight is 310 g/mol. The number of aromatic nitrogens is 3. The molecular weight excluding hydrogens is 294 g/mol. The van der Waals surface area contributed by atoms with Crippen molar-refractivity contribution in [3.8, 4) is 5.75 Å². The quantitative estimate of drug-likeness (QED) is 0.862. The van der Waals surface area contributed by atoms with Crippen molar-refractivity contribution in [2.24, 2.45) is 0 Å². The van der Waals surface area contributed by atoms with Crippen LogP contribution in [0.25, 0.3) is 0 Å². The first-order valence-corrected chi connectivity index (χ1v) is 6.69. The Morgan fingerprint density at radius 3 is 2.76 bits per heavy atom. The van der Waals surface area contributed by atoms with Gasteiger partial charge in [-0.05, 0) is 24.3 Å². The molecule has 0 spiro atoms. The van der Waals surface area contributed by atoms with Crippen LogP contribution in [0.15, 0.2) is 30.6 Å². The second-order valence-electron chi connectivity index (χ2n) is 4.42. The van der Waals surface area contributed by atoms with E-state index in [0.717, 1.165) is 0 Å². The zero-order valence-electron chi connectivity index (χ0n) is 11.6. The maximum Gasteiger partial charge on any atom is 0.244 e. The minimum atomic E-state index is -0.0976. The fraction of sp³-hybridized carbons (Fsp3) is 0.308. The van der Waals surface area contributed by atoms with Gasteiger partial charge in [-0.3, -0.25) is 4.79 Å². The van der Waals surface area contributed by atoms with E-state index in [0.29, 0.717) is 23.9 Å². The molecule has 1 aromatic heterocycles. The van der Waals surface area contributed by atoms with Gasteiger partial charge in [0.15, 0.2) is 0 Å². The Hall–Kier alpha value is -2.28. The second-order valence-corrected chi connectivity index (χ2v) is 4.85. The first kappa shape index (κ1) is 15.1. The summed E-state index contributed by atoms with van der Waals surface area (Å²) >= 11 is 5.79. The number of carbonyl (C=O) groups excluding carboxylic acids is 1. The largest absolute Gasteiger partial charge is 0.492 e. The molecule has 112 valence electrons. The van der Waals surface area contributed by atoms with Crippen molar-refractivity contribution in [2.45, 2.75) is 6.54 Å². The average Bonchev–Trinajstić information content (AvgIpc) is 2.86. The first-order valence-electron chi connectivity index (χ1n) is 6.32. The van der Waals surface area contributed by atoms with Gasteiger partial charge < -0.3 is 15.4 Å². The molecular formula is C13H16ClN5O2. The van der Waals surface area contributed by atoms with E-state index in [1.807, 2.05) is 0 Å². The summed E-state index contributed by atoms with van der Waals surface area (Å²) in [5.41, 5.74) is 5.39. The van der Waals surface area contributed by atoms with Crippen molar-refractivity contribution < 1.29 is 9.53 Å². The van der Waals surface area contributed by atoms with Crippen LogP contribution in [0.2, 0.25) is 5.02 Å². The highest BCUT2D eigenvalue weighted by atomic mass is 35.5. The topological polar surface area (TPSA) is 86.3 Å². The van der Waals surface area contributed by atoms with Gasteiger partial charge in [0, 0.05) is 12.1 Å². The van der Waals surface area contributed by atoms with Crippen LogP contribution >= 0.6 is 11.6 Å². The predicted molar refractivity (Wildman–Crippen MR) is 79.0 cm³/mol. The predicted octanol–water partition coefficient (Wildman–Crippen LogP) is 1.05. The standard InChI is InChI=1S/C13H16ClN5O2/c1-18(12(20)8-19-9-16-13(15)17-19)6-7-21-11-4-2-10(14)3-5-11/h2-5,9H,6-8H2,1H3,(H2,15,17). The smallest absolute Gasteiger partial charge is 0.244 e. The number of halogens is 1. The highest BCUT2D eigenvalue weighted by Gasteiger charge is 2.10. The number of rotatable bonds is 6. The molecule has 2 rings (SSSR count). The highest BCUT2D eigenvalue weighted by molar-refractivity contribution is 6.30. The van der Waals surface area contributed by atoms with Gasteiger partial charge in [0.2, 0.25) is 11.9 Å². The number of ether oxygens (including phenoxy) is 1. The Balaban J connectivity index is 1.74. The van der Waals surface area contributed by atoms with Crippen LogP contribution in [-0.4, -0.2) is 45.8 Å². The third kappa shape index (κ3) is 4.64. The maximum absolute atomic E-state index is 11.9. The lowest BCUT2D eigenvalue weighted by Crippen LogP contribution is -2.33. The molecule has 1 heterocycles. The second kappa shape index (κ2) is 6.94. The minimum Gasteiger partial charge on any atom is -0.492 e. The number of hydrogen-bond acceptors (Lipinski definition) is 5. The molecule has 0 aliphatic carbocycles. The molecule has 0 aliphatic heterocycles. The number of benzene rings is 1. The Kier molecular flexibility index (Phi) is 4.99. The summed E-state index contributed by atoms with van der Waals surface area (Å²) in [6.45, 7) is 0.955. The fourth-order valence-electron chi connectivity index (χ4n) is 1.60. The lowest BCUT2D eigenvalue weighted by atomic mass is 10.3. The summed E-state index contributed by atoms with van der Waals surface area (Å²) in [7, 11) is 1.70. The molecule has 0 fully saturated rings. The molecule has 0 aliphatic rings. The molecule has 7 nitrogen and oxygen atoms in total. The van der Waals surface area contributed by atoms with Gasteiger partial charge in [-0.1, -0.05) is 11.6 Å². The molecule has 21 heavy (non-hydrogen) atoms. The SMILES string of the molecule is CN(CCOc1ccc(Cl)cc1)C(=O)Cn1cnc(N)n1. The van der Waals surface area contributed by atoms with E-state index in [2.05, 4.69) is 10.1 Å². The fourth-order valence-corrected chi connectivity index (χ4v) is 1.73.